The van der Waals surface area contributed by atoms with Gasteiger partial charge in [-0.3, -0.25) is 14.3 Å². The Morgan fingerprint density at radius 2 is 1.74 bits per heavy atom. The monoisotopic (exact) mass is 547 g/mol. The molecule has 9 nitrogen and oxygen atoms in total. The number of hydrogen-bond acceptors (Lipinski definition) is 5. The molecule has 3 aromatic rings. The third kappa shape index (κ3) is 5.22. The molecule has 3 heterocycles. The normalized spacial score (nSPS) is 16.8. The highest BCUT2D eigenvalue weighted by Crippen LogP contribution is 2.36. The summed E-state index contributed by atoms with van der Waals surface area (Å²) in [6.45, 7) is 7.00. The van der Waals surface area contributed by atoms with Crippen molar-refractivity contribution < 1.29 is 18.0 Å². The summed E-state index contributed by atoms with van der Waals surface area (Å²) in [5.41, 5.74) is 4.91. The molecule has 0 aliphatic carbocycles. The van der Waals surface area contributed by atoms with E-state index in [1.54, 1.807) is 42.5 Å². The zero-order chi connectivity index (χ0) is 27.7. The molecule has 1 saturated heterocycles. The number of anilines is 2. The highest BCUT2D eigenvalue weighted by atomic mass is 32.2. The van der Waals surface area contributed by atoms with Gasteiger partial charge in [-0.15, -0.1) is 0 Å². The maximum Gasteiger partial charge on any atom is 0.261 e. The van der Waals surface area contributed by atoms with E-state index < -0.39 is 10.0 Å². The lowest BCUT2D eigenvalue weighted by Crippen LogP contribution is -2.47. The fourth-order valence-corrected chi connectivity index (χ4v) is 6.23. The molecule has 0 spiro atoms. The maximum absolute atomic E-state index is 13.6. The first kappa shape index (κ1) is 26.7. The zero-order valence-corrected chi connectivity index (χ0v) is 23.2. The molecule has 1 fully saturated rings. The smallest absolute Gasteiger partial charge is 0.261 e. The Bertz CT molecular complexity index is 1550. The highest BCUT2D eigenvalue weighted by molar-refractivity contribution is 7.92. The van der Waals surface area contributed by atoms with Crippen molar-refractivity contribution >= 4 is 44.9 Å². The van der Waals surface area contributed by atoms with Crippen LogP contribution in [0.1, 0.15) is 46.7 Å². The van der Waals surface area contributed by atoms with Crippen molar-refractivity contribution in [2.75, 3.05) is 43.3 Å². The highest BCUT2D eigenvalue weighted by Gasteiger charge is 2.30. The number of aromatic nitrogens is 1. The van der Waals surface area contributed by atoms with Gasteiger partial charge in [0.25, 0.3) is 21.8 Å². The van der Waals surface area contributed by atoms with E-state index in [2.05, 4.69) is 27.0 Å². The van der Waals surface area contributed by atoms with Gasteiger partial charge in [0.2, 0.25) is 0 Å². The Balaban J connectivity index is 1.52. The molecule has 5 rings (SSSR count). The molecule has 2 amide bonds. The molecule has 10 heteroatoms. The van der Waals surface area contributed by atoms with E-state index >= 15 is 0 Å². The van der Waals surface area contributed by atoms with Crippen LogP contribution in [-0.2, 0) is 27.7 Å². The summed E-state index contributed by atoms with van der Waals surface area (Å²) < 4.78 is 28.8. The van der Waals surface area contributed by atoms with E-state index in [-0.39, 0.29) is 16.7 Å². The van der Waals surface area contributed by atoms with Gasteiger partial charge in [0.05, 0.1) is 16.0 Å². The van der Waals surface area contributed by atoms with Crippen LogP contribution < -0.4 is 10.0 Å². The number of carbonyl (C=O) groups excluding carboxylic acids is 2. The molecule has 2 aliphatic rings. The largest absolute Gasteiger partial charge is 0.358 e. The van der Waals surface area contributed by atoms with Crippen LogP contribution in [0.2, 0.25) is 0 Å². The van der Waals surface area contributed by atoms with Crippen molar-refractivity contribution in [2.24, 2.45) is 0 Å². The Labute approximate surface area is 229 Å². The predicted molar refractivity (Wildman–Crippen MR) is 153 cm³/mol. The van der Waals surface area contributed by atoms with Crippen LogP contribution in [0.4, 0.5) is 11.4 Å². The lowest BCUT2D eigenvalue weighted by molar-refractivity contribution is -0.110. The van der Waals surface area contributed by atoms with Gasteiger partial charge < -0.3 is 20.1 Å². The van der Waals surface area contributed by atoms with Crippen molar-refractivity contribution in [3.63, 3.8) is 0 Å². The predicted octanol–water partition coefficient (Wildman–Crippen LogP) is 3.82. The molecular formula is C29H33N5O4S. The van der Waals surface area contributed by atoms with Gasteiger partial charge in [0.15, 0.2) is 0 Å². The molecule has 2 aromatic carbocycles. The number of para-hydroxylation sites is 1. The quantitative estimate of drug-likeness (QED) is 0.389. The van der Waals surface area contributed by atoms with Crippen LogP contribution in [0.5, 0.6) is 0 Å². The van der Waals surface area contributed by atoms with Crippen molar-refractivity contribution in [3.05, 3.63) is 76.6 Å². The number of nitrogens with zero attached hydrogens (tertiary/aromatic N) is 2. The van der Waals surface area contributed by atoms with E-state index in [9.17, 15) is 18.0 Å². The van der Waals surface area contributed by atoms with Crippen LogP contribution in [0.15, 0.2) is 53.4 Å². The molecule has 2 aliphatic heterocycles. The number of amides is 2. The molecule has 0 unspecified atom stereocenters. The Hall–Kier alpha value is -3.89. The van der Waals surface area contributed by atoms with Gasteiger partial charge in [-0.1, -0.05) is 32.0 Å². The minimum atomic E-state index is -3.87. The van der Waals surface area contributed by atoms with E-state index in [0.717, 1.165) is 24.3 Å². The lowest BCUT2D eigenvalue weighted by atomic mass is 10.0. The van der Waals surface area contributed by atoms with Gasteiger partial charge in [0, 0.05) is 54.5 Å². The maximum atomic E-state index is 13.6. The second-order valence-electron chi connectivity index (χ2n) is 9.86. The summed E-state index contributed by atoms with van der Waals surface area (Å²) in [6, 6.07) is 13.2. The molecule has 0 saturated carbocycles. The summed E-state index contributed by atoms with van der Waals surface area (Å²) in [5, 5.41) is 2.83. The topological polar surface area (TPSA) is 115 Å². The van der Waals surface area contributed by atoms with Crippen LogP contribution in [0.25, 0.3) is 11.6 Å². The molecule has 0 bridgehead atoms. The molecule has 1 aromatic heterocycles. The third-order valence-corrected chi connectivity index (χ3v) is 8.70. The second-order valence-corrected chi connectivity index (χ2v) is 11.5. The standard InChI is InChI=1S/C29H33N5O4S/c1-4-21-26(30-24(5-2)27(21)29(36)34-15-13-33(3)14-16-34)18-23-22-17-20(11-12-25(22)31-28(23)35)39(37,38)32-19-9-7-6-8-10-19/h6-12,17-18,30,32H,4-5,13-16H2,1-3H3,(H,31,35). The van der Waals surface area contributed by atoms with E-state index in [1.807, 2.05) is 18.7 Å². The molecular weight excluding hydrogens is 514 g/mol. The van der Waals surface area contributed by atoms with Crippen molar-refractivity contribution in [2.45, 2.75) is 31.6 Å². The fraction of sp³-hybridized carbons (Fsp3) is 0.310. The van der Waals surface area contributed by atoms with Crippen molar-refractivity contribution in [1.29, 1.82) is 0 Å². The number of aryl methyl sites for hydroxylation is 1. The Kier molecular flexibility index (Phi) is 7.33. The zero-order valence-electron chi connectivity index (χ0n) is 22.4. The Morgan fingerprint density at radius 1 is 1.03 bits per heavy atom. The first-order chi connectivity index (χ1) is 18.7. The van der Waals surface area contributed by atoms with Crippen molar-refractivity contribution in [1.82, 2.24) is 14.8 Å². The van der Waals surface area contributed by atoms with Gasteiger partial charge in [0.1, 0.15) is 0 Å². The summed E-state index contributed by atoms with van der Waals surface area (Å²) in [6.07, 6.45) is 2.98. The van der Waals surface area contributed by atoms with Gasteiger partial charge in [-0.2, -0.15) is 0 Å². The number of fused-ring (bicyclic) bond motifs is 1. The van der Waals surface area contributed by atoms with Crippen molar-refractivity contribution in [3.8, 4) is 0 Å². The summed E-state index contributed by atoms with van der Waals surface area (Å²) in [5.74, 6) is -0.313. The number of H-pyrrole nitrogens is 1. The number of aromatic amines is 1. The summed E-state index contributed by atoms with van der Waals surface area (Å²) in [4.78, 5) is 34.2. The molecule has 204 valence electrons. The third-order valence-electron chi connectivity index (χ3n) is 7.32. The van der Waals surface area contributed by atoms with Crippen LogP contribution in [0, 0.1) is 0 Å². The number of likely N-dealkylation sites (N-methyl/N-ethyl adjacent to an activating group) is 1. The minimum absolute atomic E-state index is 0.00865. The first-order valence-electron chi connectivity index (χ1n) is 13.2. The lowest BCUT2D eigenvalue weighted by Gasteiger charge is -2.32. The second kappa shape index (κ2) is 10.7. The average molecular weight is 548 g/mol. The van der Waals surface area contributed by atoms with Gasteiger partial charge in [-0.25, -0.2) is 8.42 Å². The van der Waals surface area contributed by atoms with E-state index in [1.165, 1.54) is 12.1 Å². The summed E-state index contributed by atoms with van der Waals surface area (Å²) >= 11 is 0. The number of hydrogen-bond donors (Lipinski definition) is 3. The number of piperazine rings is 1. The number of sulfonamides is 1. The number of rotatable bonds is 7. The molecule has 3 N–H and O–H groups in total. The molecule has 0 atom stereocenters. The van der Waals surface area contributed by atoms with E-state index in [4.69, 9.17) is 0 Å². The molecule has 39 heavy (non-hydrogen) atoms. The number of carbonyl (C=O) groups is 2. The fourth-order valence-electron chi connectivity index (χ4n) is 5.14. The first-order valence-corrected chi connectivity index (χ1v) is 14.7. The van der Waals surface area contributed by atoms with Crippen LogP contribution >= 0.6 is 0 Å². The molecule has 0 radical (unpaired) electrons. The van der Waals surface area contributed by atoms with E-state index in [0.29, 0.717) is 59.7 Å². The number of nitrogens with one attached hydrogen (secondary N) is 3. The van der Waals surface area contributed by atoms with Crippen LogP contribution in [0.3, 0.4) is 0 Å². The minimum Gasteiger partial charge on any atom is -0.358 e. The number of benzene rings is 2. The van der Waals surface area contributed by atoms with Gasteiger partial charge in [-0.05, 0) is 61.9 Å². The summed E-state index contributed by atoms with van der Waals surface area (Å²) in [7, 11) is -1.82. The SMILES string of the molecule is CCc1[nH]c(C=C2C(=O)Nc3ccc(S(=O)(=O)Nc4ccccc4)cc32)c(CC)c1C(=O)N1CCN(C)CC1. The average Bonchev–Trinajstić information content (AvgIpc) is 3.45. The van der Waals surface area contributed by atoms with Gasteiger partial charge >= 0.3 is 0 Å². The van der Waals surface area contributed by atoms with Crippen LogP contribution in [-0.4, -0.2) is 68.2 Å². The Morgan fingerprint density at radius 3 is 2.41 bits per heavy atom.